The van der Waals surface area contributed by atoms with Crippen LogP contribution in [0.2, 0.25) is 0 Å². The molecule has 1 aromatic rings. The van der Waals surface area contributed by atoms with Gasteiger partial charge in [-0.25, -0.2) is 4.79 Å². The second-order valence-electron chi connectivity index (χ2n) is 7.07. The molecule has 1 spiro atoms. The summed E-state index contributed by atoms with van der Waals surface area (Å²) in [4.78, 5) is 45.3. The number of imide groups is 1. The Morgan fingerprint density at radius 1 is 1.29 bits per heavy atom. The van der Waals surface area contributed by atoms with Gasteiger partial charge in [-0.3, -0.25) is 14.5 Å². The van der Waals surface area contributed by atoms with Gasteiger partial charge < -0.3 is 14.8 Å². The zero-order chi connectivity index (χ0) is 17.5. The highest BCUT2D eigenvalue weighted by Gasteiger charge is 2.57. The molecular weight excluding hydrogens is 308 g/mol. The molecule has 2 fully saturated rings. The minimum atomic E-state index is -0.787. The SMILES string of the molecule is CC(C)CN1C(=O)N(C)C(=O)C12CCN(C(=O)c1cc[nH]c1)CC2. The molecule has 0 aliphatic carbocycles. The number of carbonyl (C=O) groups excluding carboxylic acids is 3. The van der Waals surface area contributed by atoms with E-state index in [-0.39, 0.29) is 23.8 Å². The number of likely N-dealkylation sites (tertiary alicyclic amines) is 1. The third-order valence-electron chi connectivity index (χ3n) is 5.01. The minimum Gasteiger partial charge on any atom is -0.367 e. The van der Waals surface area contributed by atoms with Crippen molar-refractivity contribution < 1.29 is 14.4 Å². The van der Waals surface area contributed by atoms with Crippen LogP contribution in [0.4, 0.5) is 4.79 Å². The van der Waals surface area contributed by atoms with Crippen molar-refractivity contribution in [2.24, 2.45) is 5.92 Å². The predicted octanol–water partition coefficient (Wildman–Crippen LogP) is 1.54. The third-order valence-corrected chi connectivity index (χ3v) is 5.01. The molecule has 7 nitrogen and oxygen atoms in total. The van der Waals surface area contributed by atoms with E-state index in [9.17, 15) is 14.4 Å². The maximum Gasteiger partial charge on any atom is 0.327 e. The summed E-state index contributed by atoms with van der Waals surface area (Å²) in [6, 6.07) is 1.52. The quantitative estimate of drug-likeness (QED) is 0.853. The fourth-order valence-corrected chi connectivity index (χ4v) is 3.70. The molecule has 0 bridgehead atoms. The largest absolute Gasteiger partial charge is 0.367 e. The first kappa shape index (κ1) is 16.5. The van der Waals surface area contributed by atoms with E-state index in [1.165, 1.54) is 4.90 Å². The summed E-state index contributed by atoms with van der Waals surface area (Å²) in [5.41, 5.74) is -0.165. The van der Waals surface area contributed by atoms with Gasteiger partial charge in [0.25, 0.3) is 11.8 Å². The molecule has 0 aromatic carbocycles. The molecule has 2 aliphatic heterocycles. The Morgan fingerprint density at radius 3 is 2.50 bits per heavy atom. The Hall–Kier alpha value is -2.31. The lowest BCUT2D eigenvalue weighted by Gasteiger charge is -2.42. The number of nitrogens with zero attached hydrogens (tertiary/aromatic N) is 3. The first-order chi connectivity index (χ1) is 11.4. The Bertz CT molecular complexity index is 645. The standard InChI is InChI=1S/C17H24N4O3/c1-12(2)11-21-16(24)19(3)15(23)17(21)5-8-20(9-6-17)14(22)13-4-7-18-10-13/h4,7,10,12,18H,5-6,8-9,11H2,1-3H3. The Kier molecular flexibility index (Phi) is 4.11. The van der Waals surface area contributed by atoms with E-state index in [2.05, 4.69) is 4.98 Å². The molecule has 3 rings (SSSR count). The molecular formula is C17H24N4O3. The fraction of sp³-hybridized carbons (Fsp3) is 0.588. The Labute approximate surface area is 141 Å². The number of H-pyrrole nitrogens is 1. The maximum atomic E-state index is 12.7. The van der Waals surface area contributed by atoms with Gasteiger partial charge in [0, 0.05) is 39.1 Å². The van der Waals surface area contributed by atoms with Crippen LogP contribution in [0.3, 0.4) is 0 Å². The number of piperidine rings is 1. The number of urea groups is 1. The number of aromatic amines is 1. The smallest absolute Gasteiger partial charge is 0.327 e. The van der Waals surface area contributed by atoms with Crippen molar-refractivity contribution in [2.75, 3.05) is 26.7 Å². The van der Waals surface area contributed by atoms with Crippen LogP contribution in [0.15, 0.2) is 18.5 Å². The number of likely N-dealkylation sites (N-methyl/N-ethyl adjacent to an activating group) is 1. The average Bonchev–Trinajstić information content (AvgIpc) is 3.15. The van der Waals surface area contributed by atoms with Gasteiger partial charge in [0.15, 0.2) is 0 Å². The van der Waals surface area contributed by atoms with Gasteiger partial charge in [-0.1, -0.05) is 13.8 Å². The predicted molar refractivity (Wildman–Crippen MR) is 88.4 cm³/mol. The first-order valence-corrected chi connectivity index (χ1v) is 8.38. The minimum absolute atomic E-state index is 0.0355. The van der Waals surface area contributed by atoms with E-state index in [0.717, 1.165) is 0 Å². The van der Waals surface area contributed by atoms with Gasteiger partial charge in [-0.2, -0.15) is 0 Å². The second kappa shape index (κ2) is 5.96. The van der Waals surface area contributed by atoms with Gasteiger partial charge in [-0.15, -0.1) is 0 Å². The van der Waals surface area contributed by atoms with Crippen LogP contribution < -0.4 is 0 Å². The van der Waals surface area contributed by atoms with Crippen LogP contribution >= 0.6 is 0 Å². The summed E-state index contributed by atoms with van der Waals surface area (Å²) >= 11 is 0. The molecule has 2 saturated heterocycles. The van der Waals surface area contributed by atoms with Gasteiger partial charge in [-0.05, 0) is 24.8 Å². The van der Waals surface area contributed by atoms with Gasteiger partial charge in [0.1, 0.15) is 5.54 Å². The second-order valence-corrected chi connectivity index (χ2v) is 7.07. The monoisotopic (exact) mass is 332 g/mol. The van der Waals surface area contributed by atoms with Crippen LogP contribution in [0.25, 0.3) is 0 Å². The number of hydrogen-bond donors (Lipinski definition) is 1. The molecule has 0 atom stereocenters. The van der Waals surface area contributed by atoms with Gasteiger partial charge in [0.2, 0.25) is 0 Å². The highest BCUT2D eigenvalue weighted by molar-refractivity contribution is 6.07. The van der Waals surface area contributed by atoms with E-state index < -0.39 is 5.54 Å². The summed E-state index contributed by atoms with van der Waals surface area (Å²) in [6.45, 7) is 5.58. The van der Waals surface area contributed by atoms with Crippen molar-refractivity contribution in [3.05, 3.63) is 24.0 Å². The number of amides is 4. The van der Waals surface area contributed by atoms with Crippen LogP contribution in [0.5, 0.6) is 0 Å². The Balaban J connectivity index is 1.78. The molecule has 4 amide bonds. The summed E-state index contributed by atoms with van der Waals surface area (Å²) < 4.78 is 0. The zero-order valence-electron chi connectivity index (χ0n) is 14.4. The number of aromatic nitrogens is 1. The molecule has 0 radical (unpaired) electrons. The highest BCUT2D eigenvalue weighted by atomic mass is 16.2. The first-order valence-electron chi connectivity index (χ1n) is 8.38. The lowest BCUT2D eigenvalue weighted by Crippen LogP contribution is -2.58. The summed E-state index contributed by atoms with van der Waals surface area (Å²) in [6.07, 6.45) is 4.38. The molecule has 24 heavy (non-hydrogen) atoms. The van der Waals surface area contributed by atoms with Crippen molar-refractivity contribution in [2.45, 2.75) is 32.2 Å². The van der Waals surface area contributed by atoms with E-state index in [1.807, 2.05) is 13.8 Å². The van der Waals surface area contributed by atoms with Crippen molar-refractivity contribution in [3.63, 3.8) is 0 Å². The average molecular weight is 332 g/mol. The molecule has 1 aromatic heterocycles. The van der Waals surface area contributed by atoms with Crippen molar-refractivity contribution in [3.8, 4) is 0 Å². The summed E-state index contributed by atoms with van der Waals surface area (Å²) in [5.74, 6) is 0.109. The fourth-order valence-electron chi connectivity index (χ4n) is 3.70. The van der Waals surface area contributed by atoms with Crippen molar-refractivity contribution >= 4 is 17.8 Å². The Morgan fingerprint density at radius 2 is 1.96 bits per heavy atom. The van der Waals surface area contributed by atoms with E-state index in [1.54, 1.807) is 35.3 Å². The third kappa shape index (κ3) is 2.48. The van der Waals surface area contributed by atoms with E-state index in [0.29, 0.717) is 38.0 Å². The molecule has 130 valence electrons. The topological polar surface area (TPSA) is 76.7 Å². The van der Waals surface area contributed by atoms with Crippen LogP contribution in [0.1, 0.15) is 37.0 Å². The van der Waals surface area contributed by atoms with Crippen molar-refractivity contribution in [1.82, 2.24) is 19.7 Å². The molecule has 2 aliphatic rings. The summed E-state index contributed by atoms with van der Waals surface area (Å²) in [5, 5.41) is 0. The number of rotatable bonds is 3. The maximum absolute atomic E-state index is 12.7. The molecule has 3 heterocycles. The number of carbonyl (C=O) groups is 3. The van der Waals surface area contributed by atoms with E-state index in [4.69, 9.17) is 0 Å². The lowest BCUT2D eigenvalue weighted by molar-refractivity contribution is -0.134. The van der Waals surface area contributed by atoms with Crippen LogP contribution in [0, 0.1) is 5.92 Å². The van der Waals surface area contributed by atoms with Gasteiger partial charge in [0.05, 0.1) is 5.56 Å². The molecule has 0 saturated carbocycles. The zero-order valence-corrected chi connectivity index (χ0v) is 14.4. The lowest BCUT2D eigenvalue weighted by atomic mass is 9.85. The van der Waals surface area contributed by atoms with Crippen molar-refractivity contribution in [1.29, 1.82) is 0 Å². The highest BCUT2D eigenvalue weighted by Crippen LogP contribution is 2.37. The van der Waals surface area contributed by atoms with Crippen LogP contribution in [-0.2, 0) is 4.79 Å². The normalized spacial score (nSPS) is 20.6. The van der Waals surface area contributed by atoms with Gasteiger partial charge >= 0.3 is 6.03 Å². The van der Waals surface area contributed by atoms with Crippen LogP contribution in [-0.4, -0.2) is 69.8 Å². The molecule has 1 N–H and O–H groups in total. The number of hydrogen-bond acceptors (Lipinski definition) is 3. The van der Waals surface area contributed by atoms with E-state index >= 15 is 0 Å². The molecule has 0 unspecified atom stereocenters. The number of nitrogens with one attached hydrogen (secondary N) is 1. The molecule has 7 heteroatoms. The summed E-state index contributed by atoms with van der Waals surface area (Å²) in [7, 11) is 1.55.